The van der Waals surface area contributed by atoms with Gasteiger partial charge in [0, 0.05) is 33.2 Å². The number of urea groups is 1. The third-order valence-corrected chi connectivity index (χ3v) is 5.75. The quantitative estimate of drug-likeness (QED) is 0.777. The van der Waals surface area contributed by atoms with Crippen LogP contribution in [-0.2, 0) is 14.8 Å². The van der Waals surface area contributed by atoms with E-state index in [2.05, 4.69) is 10.6 Å². The summed E-state index contributed by atoms with van der Waals surface area (Å²) in [7, 11) is -2.08. The third-order valence-electron chi connectivity index (χ3n) is 3.84. The Kier molecular flexibility index (Phi) is 5.92. The Morgan fingerprint density at radius 3 is 2.21 bits per heavy atom. The molecule has 1 aliphatic rings. The number of hydrogen-bond acceptors (Lipinski definition) is 5. The van der Waals surface area contributed by atoms with Crippen LogP contribution in [0.3, 0.4) is 0 Å². The fourth-order valence-corrected chi connectivity index (χ4v) is 3.84. The van der Waals surface area contributed by atoms with Crippen molar-refractivity contribution in [3.63, 3.8) is 0 Å². The summed E-state index contributed by atoms with van der Waals surface area (Å²) in [6, 6.07) is 6.20. The minimum atomic E-state index is -3.51. The van der Waals surface area contributed by atoms with Crippen LogP contribution in [0.25, 0.3) is 0 Å². The van der Waals surface area contributed by atoms with Gasteiger partial charge in [0.05, 0.1) is 11.4 Å². The molecule has 9 heteroatoms. The smallest absolute Gasteiger partial charge is 0.321 e. The van der Waals surface area contributed by atoms with E-state index in [0.717, 1.165) is 5.56 Å². The van der Waals surface area contributed by atoms with Gasteiger partial charge in [-0.15, -0.1) is 0 Å². The van der Waals surface area contributed by atoms with Crippen molar-refractivity contribution in [2.45, 2.75) is 11.8 Å². The van der Waals surface area contributed by atoms with E-state index in [9.17, 15) is 18.0 Å². The van der Waals surface area contributed by atoms with Gasteiger partial charge >= 0.3 is 6.03 Å². The second-order valence-corrected chi connectivity index (χ2v) is 7.56. The lowest BCUT2D eigenvalue weighted by molar-refractivity contribution is -0.121. The Morgan fingerprint density at radius 2 is 1.67 bits per heavy atom. The van der Waals surface area contributed by atoms with Gasteiger partial charge in [-0.3, -0.25) is 15.0 Å². The molecule has 1 aromatic carbocycles. The van der Waals surface area contributed by atoms with E-state index in [1.165, 1.54) is 11.4 Å². The number of nitrogens with zero attached hydrogens (tertiary/aromatic N) is 2. The molecule has 0 bridgehead atoms. The molecular formula is C15H22N4O4S. The van der Waals surface area contributed by atoms with Gasteiger partial charge in [0.15, 0.2) is 0 Å². The first-order chi connectivity index (χ1) is 11.3. The van der Waals surface area contributed by atoms with E-state index in [1.54, 1.807) is 24.3 Å². The van der Waals surface area contributed by atoms with Crippen molar-refractivity contribution in [3.8, 4) is 0 Å². The molecule has 0 aliphatic carbocycles. The maximum Gasteiger partial charge on any atom is 0.321 e. The zero-order valence-corrected chi connectivity index (χ0v) is 14.6. The fourth-order valence-electron chi connectivity index (χ4n) is 2.42. The standard InChI is InChI=1S/C15H22N4O4S/c1-12-3-5-13(6-4-12)24(22,23)19-9-7-18(8-10-19)11-14(20)17-15(21)16-2/h3-6H,7-11H2,1-2H3,(H2,16,17,20,21). The number of piperazine rings is 1. The average Bonchev–Trinajstić information content (AvgIpc) is 2.55. The lowest BCUT2D eigenvalue weighted by atomic mass is 10.2. The summed E-state index contributed by atoms with van der Waals surface area (Å²) in [6.45, 7) is 3.45. The molecule has 3 amide bonds. The van der Waals surface area contributed by atoms with Gasteiger partial charge in [-0.25, -0.2) is 13.2 Å². The molecule has 1 heterocycles. The van der Waals surface area contributed by atoms with Gasteiger partial charge in [0.25, 0.3) is 0 Å². The number of carbonyl (C=O) groups is 2. The minimum absolute atomic E-state index is 0.0613. The molecule has 0 radical (unpaired) electrons. The fraction of sp³-hybridized carbons (Fsp3) is 0.467. The number of imide groups is 1. The van der Waals surface area contributed by atoms with Crippen molar-refractivity contribution >= 4 is 22.0 Å². The number of nitrogens with one attached hydrogen (secondary N) is 2. The highest BCUT2D eigenvalue weighted by molar-refractivity contribution is 7.89. The number of aryl methyl sites for hydroxylation is 1. The molecule has 132 valence electrons. The third kappa shape index (κ3) is 4.53. The first-order valence-corrected chi connectivity index (χ1v) is 9.07. The van der Waals surface area contributed by atoms with Crippen LogP contribution in [0.1, 0.15) is 5.56 Å². The van der Waals surface area contributed by atoms with E-state index < -0.39 is 22.0 Å². The summed E-state index contributed by atoms with van der Waals surface area (Å²) in [5.41, 5.74) is 1.00. The molecule has 0 aromatic heterocycles. The number of amides is 3. The Labute approximate surface area is 141 Å². The van der Waals surface area contributed by atoms with Crippen LogP contribution in [-0.4, -0.2) is 69.3 Å². The Bertz CT molecular complexity index is 695. The van der Waals surface area contributed by atoms with Crippen molar-refractivity contribution in [1.82, 2.24) is 19.8 Å². The first-order valence-electron chi connectivity index (χ1n) is 7.63. The predicted octanol–water partition coefficient (Wildman–Crippen LogP) is -0.243. The molecule has 1 saturated heterocycles. The average molecular weight is 354 g/mol. The minimum Gasteiger partial charge on any atom is -0.341 e. The number of carbonyl (C=O) groups excluding carboxylic acids is 2. The molecule has 8 nitrogen and oxygen atoms in total. The Morgan fingerprint density at radius 1 is 1.08 bits per heavy atom. The summed E-state index contributed by atoms with van der Waals surface area (Å²) >= 11 is 0. The van der Waals surface area contributed by atoms with Crippen LogP contribution >= 0.6 is 0 Å². The topological polar surface area (TPSA) is 98.8 Å². The Balaban J connectivity index is 1.91. The first kappa shape index (κ1) is 18.4. The molecular weight excluding hydrogens is 332 g/mol. The molecule has 2 N–H and O–H groups in total. The van der Waals surface area contributed by atoms with Crippen molar-refractivity contribution in [2.24, 2.45) is 0 Å². The van der Waals surface area contributed by atoms with Crippen molar-refractivity contribution in [2.75, 3.05) is 39.8 Å². The summed E-state index contributed by atoms with van der Waals surface area (Å²) in [5.74, 6) is -0.413. The van der Waals surface area contributed by atoms with Crippen LogP contribution in [0.5, 0.6) is 0 Å². The van der Waals surface area contributed by atoms with Crippen LogP contribution < -0.4 is 10.6 Å². The lowest BCUT2D eigenvalue weighted by Crippen LogP contribution is -2.52. The molecule has 2 rings (SSSR count). The van der Waals surface area contributed by atoms with Gasteiger partial charge in [-0.1, -0.05) is 17.7 Å². The molecule has 0 atom stereocenters. The molecule has 1 fully saturated rings. The maximum absolute atomic E-state index is 12.6. The monoisotopic (exact) mass is 354 g/mol. The summed E-state index contributed by atoms with van der Waals surface area (Å²) < 4.78 is 26.6. The van der Waals surface area contributed by atoms with Crippen LogP contribution in [0.2, 0.25) is 0 Å². The van der Waals surface area contributed by atoms with Crippen molar-refractivity contribution < 1.29 is 18.0 Å². The van der Waals surface area contributed by atoms with Crippen molar-refractivity contribution in [3.05, 3.63) is 29.8 Å². The SMILES string of the molecule is CNC(=O)NC(=O)CN1CCN(S(=O)(=O)c2ccc(C)cc2)CC1. The molecule has 0 saturated carbocycles. The highest BCUT2D eigenvalue weighted by Gasteiger charge is 2.29. The van der Waals surface area contributed by atoms with Gasteiger partial charge in [-0.05, 0) is 19.1 Å². The van der Waals surface area contributed by atoms with E-state index >= 15 is 0 Å². The second kappa shape index (κ2) is 7.73. The van der Waals surface area contributed by atoms with Gasteiger partial charge in [0.1, 0.15) is 0 Å². The maximum atomic E-state index is 12.6. The number of hydrogen-bond donors (Lipinski definition) is 2. The molecule has 0 spiro atoms. The van der Waals surface area contributed by atoms with Crippen LogP contribution in [0.4, 0.5) is 4.79 Å². The summed E-state index contributed by atoms with van der Waals surface area (Å²) in [5, 5.41) is 4.49. The number of benzene rings is 1. The summed E-state index contributed by atoms with van der Waals surface area (Å²) in [4.78, 5) is 24.8. The molecule has 1 aliphatic heterocycles. The van der Waals surface area contributed by atoms with Crippen LogP contribution in [0, 0.1) is 6.92 Å². The van der Waals surface area contributed by atoms with Crippen molar-refractivity contribution in [1.29, 1.82) is 0 Å². The largest absolute Gasteiger partial charge is 0.341 e. The van der Waals surface area contributed by atoms with E-state index in [0.29, 0.717) is 26.2 Å². The predicted molar refractivity (Wildman–Crippen MR) is 89.0 cm³/mol. The Hall–Kier alpha value is -1.97. The summed E-state index contributed by atoms with van der Waals surface area (Å²) in [6.07, 6.45) is 0. The van der Waals surface area contributed by atoms with E-state index in [4.69, 9.17) is 0 Å². The lowest BCUT2D eigenvalue weighted by Gasteiger charge is -2.33. The number of rotatable bonds is 4. The van der Waals surface area contributed by atoms with Gasteiger partial charge in [0.2, 0.25) is 15.9 Å². The zero-order valence-electron chi connectivity index (χ0n) is 13.8. The second-order valence-electron chi connectivity index (χ2n) is 5.62. The zero-order chi connectivity index (χ0) is 17.7. The highest BCUT2D eigenvalue weighted by atomic mass is 32.2. The highest BCUT2D eigenvalue weighted by Crippen LogP contribution is 2.18. The van der Waals surface area contributed by atoms with Gasteiger partial charge in [-0.2, -0.15) is 4.31 Å². The number of sulfonamides is 1. The van der Waals surface area contributed by atoms with Gasteiger partial charge < -0.3 is 5.32 Å². The molecule has 1 aromatic rings. The molecule has 0 unspecified atom stereocenters. The normalized spacial score (nSPS) is 16.6. The molecule has 24 heavy (non-hydrogen) atoms. The van der Waals surface area contributed by atoms with Crippen LogP contribution in [0.15, 0.2) is 29.2 Å². The van der Waals surface area contributed by atoms with E-state index in [-0.39, 0.29) is 11.4 Å². The van der Waals surface area contributed by atoms with E-state index in [1.807, 2.05) is 11.8 Å².